The lowest BCUT2D eigenvalue weighted by Crippen LogP contribution is -2.43. The molecule has 25 heavy (non-hydrogen) atoms. The Kier molecular flexibility index (Phi) is 5.30. The summed E-state index contributed by atoms with van der Waals surface area (Å²) in [7, 11) is 0. The predicted octanol–water partition coefficient (Wildman–Crippen LogP) is 2.45. The number of alkyl halides is 6. The molecule has 2 heterocycles. The van der Waals surface area contributed by atoms with Crippen LogP contribution in [0.3, 0.4) is 0 Å². The van der Waals surface area contributed by atoms with Crippen LogP contribution in [0, 0.1) is 5.92 Å². The highest BCUT2D eigenvalue weighted by Gasteiger charge is 2.42. The van der Waals surface area contributed by atoms with Crippen molar-refractivity contribution in [3.05, 3.63) is 17.5 Å². The van der Waals surface area contributed by atoms with E-state index in [1.165, 1.54) is 4.90 Å². The first kappa shape index (κ1) is 19.5. The molecule has 1 saturated heterocycles. The van der Waals surface area contributed by atoms with Crippen LogP contribution < -0.4 is 5.73 Å². The number of thiocarbonyl (C=S) groups is 1. The number of hydrogen-bond donors (Lipinski definition) is 1. The molecule has 12 heteroatoms. The van der Waals surface area contributed by atoms with E-state index in [9.17, 15) is 31.1 Å². The van der Waals surface area contributed by atoms with Crippen LogP contribution in [-0.4, -0.2) is 38.7 Å². The van der Waals surface area contributed by atoms with Gasteiger partial charge >= 0.3 is 12.4 Å². The number of aromatic nitrogens is 2. The van der Waals surface area contributed by atoms with Crippen LogP contribution in [0.5, 0.6) is 0 Å². The van der Waals surface area contributed by atoms with Crippen LogP contribution in [0.15, 0.2) is 6.07 Å². The number of nitrogens with zero attached hydrogens (tertiary/aromatic N) is 3. The largest absolute Gasteiger partial charge is 0.435 e. The monoisotopic (exact) mass is 388 g/mol. The Hall–Kier alpha value is -1.85. The van der Waals surface area contributed by atoms with Crippen molar-refractivity contribution < 1.29 is 31.1 Å². The lowest BCUT2D eigenvalue weighted by Gasteiger charge is -2.31. The van der Waals surface area contributed by atoms with Gasteiger partial charge in [-0.05, 0) is 12.8 Å². The summed E-state index contributed by atoms with van der Waals surface area (Å²) >= 11 is 4.85. The van der Waals surface area contributed by atoms with E-state index in [-0.39, 0.29) is 29.8 Å². The molecule has 1 aromatic heterocycles. The summed E-state index contributed by atoms with van der Waals surface area (Å²) in [6.45, 7) is -0.492. The quantitative estimate of drug-likeness (QED) is 0.638. The molecule has 0 spiro atoms. The van der Waals surface area contributed by atoms with Crippen LogP contribution in [0.2, 0.25) is 0 Å². The molecule has 140 valence electrons. The van der Waals surface area contributed by atoms with Gasteiger partial charge in [0.2, 0.25) is 5.91 Å². The second-order valence-electron chi connectivity index (χ2n) is 5.63. The topological polar surface area (TPSA) is 64.2 Å². The molecule has 0 radical (unpaired) electrons. The number of carbonyl (C=O) groups is 1. The number of rotatable bonds is 3. The summed E-state index contributed by atoms with van der Waals surface area (Å²) in [4.78, 5) is 13.7. The highest BCUT2D eigenvalue weighted by molar-refractivity contribution is 7.80. The van der Waals surface area contributed by atoms with E-state index in [1.807, 2.05) is 0 Å². The lowest BCUT2D eigenvalue weighted by molar-refractivity contribution is -0.146. The average molecular weight is 388 g/mol. The minimum Gasteiger partial charge on any atom is -0.393 e. The number of halogens is 6. The van der Waals surface area contributed by atoms with Gasteiger partial charge in [0.05, 0.1) is 4.99 Å². The van der Waals surface area contributed by atoms with Gasteiger partial charge in [-0.15, -0.1) is 0 Å². The zero-order valence-corrected chi connectivity index (χ0v) is 13.5. The summed E-state index contributed by atoms with van der Waals surface area (Å²) < 4.78 is 76.6. The van der Waals surface area contributed by atoms with Gasteiger partial charge < -0.3 is 10.6 Å². The van der Waals surface area contributed by atoms with Gasteiger partial charge in [0.1, 0.15) is 12.2 Å². The van der Waals surface area contributed by atoms with Crippen molar-refractivity contribution in [3.8, 4) is 0 Å². The molecule has 0 unspecified atom stereocenters. The fourth-order valence-corrected chi connectivity index (χ4v) is 2.78. The van der Waals surface area contributed by atoms with Gasteiger partial charge in [0, 0.05) is 25.1 Å². The average Bonchev–Trinajstić information content (AvgIpc) is 2.91. The molecule has 2 rings (SSSR count). The fraction of sp³-hybridized carbons (Fsp3) is 0.615. The Bertz CT molecular complexity index is 660. The summed E-state index contributed by atoms with van der Waals surface area (Å²) in [6, 6.07) is -0.105. The van der Waals surface area contributed by atoms with E-state index in [1.54, 1.807) is 0 Å². The van der Waals surface area contributed by atoms with Crippen molar-refractivity contribution in [1.82, 2.24) is 14.7 Å². The van der Waals surface area contributed by atoms with Crippen molar-refractivity contribution in [2.45, 2.75) is 31.7 Å². The first-order valence-corrected chi connectivity index (χ1v) is 7.59. The van der Waals surface area contributed by atoms with E-state index in [0.29, 0.717) is 17.8 Å². The highest BCUT2D eigenvalue weighted by Crippen LogP contribution is 2.35. The molecular formula is C13H14F6N4OS. The van der Waals surface area contributed by atoms with Crippen LogP contribution >= 0.6 is 12.2 Å². The van der Waals surface area contributed by atoms with Crippen molar-refractivity contribution >= 4 is 23.1 Å². The van der Waals surface area contributed by atoms with Crippen molar-refractivity contribution in [2.75, 3.05) is 13.1 Å². The van der Waals surface area contributed by atoms with Crippen LogP contribution in [0.1, 0.15) is 24.2 Å². The smallest absolute Gasteiger partial charge is 0.393 e. The molecule has 0 aliphatic carbocycles. The molecule has 1 aromatic rings. The minimum absolute atomic E-state index is 0.0464. The van der Waals surface area contributed by atoms with E-state index >= 15 is 0 Å². The van der Waals surface area contributed by atoms with Gasteiger partial charge in [-0.3, -0.25) is 9.48 Å². The molecule has 1 aliphatic heterocycles. The number of hydrogen-bond acceptors (Lipinski definition) is 3. The first-order valence-electron chi connectivity index (χ1n) is 7.19. The number of carbonyl (C=O) groups excluding carboxylic acids is 1. The molecule has 2 N–H and O–H groups in total. The highest BCUT2D eigenvalue weighted by atomic mass is 32.1. The number of likely N-dealkylation sites (tertiary alicyclic amines) is 1. The van der Waals surface area contributed by atoms with Crippen molar-refractivity contribution in [2.24, 2.45) is 11.7 Å². The zero-order valence-electron chi connectivity index (χ0n) is 12.7. The summed E-state index contributed by atoms with van der Waals surface area (Å²) in [5.74, 6) is -0.810. The normalized spacial score (nSPS) is 17.0. The zero-order chi connectivity index (χ0) is 19.0. The summed E-state index contributed by atoms with van der Waals surface area (Å²) in [6.07, 6.45) is -9.18. The van der Waals surface area contributed by atoms with E-state index in [2.05, 4.69) is 5.10 Å². The molecule has 0 bridgehead atoms. The number of nitrogens with two attached hydrogens (primary N) is 1. The third-order valence-electron chi connectivity index (χ3n) is 3.90. The lowest BCUT2D eigenvalue weighted by atomic mass is 9.97. The molecule has 5 nitrogen and oxygen atoms in total. The second-order valence-corrected chi connectivity index (χ2v) is 6.10. The predicted molar refractivity (Wildman–Crippen MR) is 78.3 cm³/mol. The van der Waals surface area contributed by atoms with E-state index in [4.69, 9.17) is 18.0 Å². The van der Waals surface area contributed by atoms with Crippen LogP contribution in [0.4, 0.5) is 26.3 Å². The maximum absolute atomic E-state index is 12.9. The Morgan fingerprint density at radius 2 is 1.76 bits per heavy atom. The summed E-state index contributed by atoms with van der Waals surface area (Å²) in [5.41, 5.74) is 2.19. The minimum atomic E-state index is -5.06. The maximum Gasteiger partial charge on any atom is 0.435 e. The number of piperidine rings is 1. The molecule has 1 fully saturated rings. The third-order valence-corrected chi connectivity index (χ3v) is 4.23. The van der Waals surface area contributed by atoms with Crippen LogP contribution in [0.25, 0.3) is 0 Å². The van der Waals surface area contributed by atoms with E-state index < -0.39 is 36.2 Å². The van der Waals surface area contributed by atoms with Crippen molar-refractivity contribution in [3.63, 3.8) is 0 Å². The first-order chi connectivity index (χ1) is 11.4. The molecule has 1 aliphatic rings. The Balaban J connectivity index is 2.15. The summed E-state index contributed by atoms with van der Waals surface area (Å²) in [5, 5.41) is 2.91. The second kappa shape index (κ2) is 6.81. The van der Waals surface area contributed by atoms with Crippen molar-refractivity contribution in [1.29, 1.82) is 0 Å². The SMILES string of the molecule is NC(=S)C1CCN(C(=O)Cn2nc(C(F)(F)F)cc2C(F)(F)F)CC1. The number of amides is 1. The molecule has 0 saturated carbocycles. The van der Waals surface area contributed by atoms with Gasteiger partial charge in [0.25, 0.3) is 0 Å². The van der Waals surface area contributed by atoms with Gasteiger partial charge in [0.15, 0.2) is 5.69 Å². The molecular weight excluding hydrogens is 374 g/mol. The fourth-order valence-electron chi connectivity index (χ4n) is 2.55. The third kappa shape index (κ3) is 4.61. The van der Waals surface area contributed by atoms with Gasteiger partial charge in [-0.25, -0.2) is 0 Å². The molecule has 1 amide bonds. The standard InChI is InChI=1S/C13H14F6N4OS/c14-12(15,16)8-5-9(13(17,18)19)23(21-8)6-10(24)22-3-1-7(2-4-22)11(20)25/h5,7H,1-4,6H2,(H2,20,25). The van der Waals surface area contributed by atoms with Gasteiger partial charge in [-0.1, -0.05) is 12.2 Å². The molecule has 0 atom stereocenters. The van der Waals surface area contributed by atoms with E-state index in [0.717, 1.165) is 0 Å². The van der Waals surface area contributed by atoms with Crippen LogP contribution in [-0.2, 0) is 23.7 Å². The Morgan fingerprint density at radius 3 is 2.20 bits per heavy atom. The Labute approximate surface area is 143 Å². The van der Waals surface area contributed by atoms with Gasteiger partial charge in [-0.2, -0.15) is 31.4 Å². The Morgan fingerprint density at radius 1 is 1.20 bits per heavy atom. The maximum atomic E-state index is 12.9. The molecule has 0 aromatic carbocycles.